The summed E-state index contributed by atoms with van der Waals surface area (Å²) in [5.41, 5.74) is 0. The topological polar surface area (TPSA) is 26.3 Å². The van der Waals surface area contributed by atoms with Gasteiger partial charge in [-0.1, -0.05) is 23.7 Å². The van der Waals surface area contributed by atoms with Crippen LogP contribution >= 0.6 is 22.9 Å². The molecule has 1 aromatic carbocycles. The summed E-state index contributed by atoms with van der Waals surface area (Å²) in [6.07, 6.45) is 0. The van der Waals surface area contributed by atoms with E-state index in [-0.39, 0.29) is 5.78 Å². The zero-order valence-electron chi connectivity index (χ0n) is 8.33. The summed E-state index contributed by atoms with van der Waals surface area (Å²) in [6.45, 7) is 1.52. The van der Waals surface area contributed by atoms with Crippen LogP contribution in [-0.4, -0.2) is 12.9 Å². The lowest BCUT2D eigenvalue weighted by Gasteiger charge is -1.99. The van der Waals surface area contributed by atoms with Crippen molar-refractivity contribution in [3.63, 3.8) is 0 Å². The largest absolute Gasteiger partial charge is 0.495 e. The van der Waals surface area contributed by atoms with E-state index < -0.39 is 0 Å². The molecule has 0 unspecified atom stereocenters. The lowest BCUT2D eigenvalue weighted by atomic mass is 10.2. The Morgan fingerprint density at radius 2 is 2.20 bits per heavy atom. The van der Waals surface area contributed by atoms with Gasteiger partial charge in [0.15, 0.2) is 5.78 Å². The molecule has 2 nitrogen and oxygen atoms in total. The van der Waals surface area contributed by atoms with E-state index >= 15 is 0 Å². The van der Waals surface area contributed by atoms with Gasteiger partial charge in [-0.05, 0) is 6.07 Å². The maximum atomic E-state index is 11.3. The Bertz CT molecular complexity index is 531. The molecule has 0 radical (unpaired) electrons. The summed E-state index contributed by atoms with van der Waals surface area (Å²) in [5, 5.41) is 1.41. The van der Waals surface area contributed by atoms with Crippen LogP contribution < -0.4 is 4.74 Å². The van der Waals surface area contributed by atoms with E-state index in [9.17, 15) is 4.79 Å². The number of benzene rings is 1. The molecule has 2 aromatic rings. The van der Waals surface area contributed by atoms with E-state index in [0.717, 1.165) is 15.8 Å². The summed E-state index contributed by atoms with van der Waals surface area (Å²) < 4.78 is 6.14. The number of thiophene rings is 1. The van der Waals surface area contributed by atoms with Crippen LogP contribution in [-0.2, 0) is 0 Å². The van der Waals surface area contributed by atoms with E-state index in [4.69, 9.17) is 16.3 Å². The van der Waals surface area contributed by atoms with Crippen LogP contribution in [0.25, 0.3) is 10.1 Å². The normalized spacial score (nSPS) is 10.6. The van der Waals surface area contributed by atoms with Gasteiger partial charge in [0, 0.05) is 12.3 Å². The fraction of sp³-hybridized carbons (Fsp3) is 0.182. The third-order valence-electron chi connectivity index (χ3n) is 2.16. The van der Waals surface area contributed by atoms with Gasteiger partial charge in [0.05, 0.1) is 21.7 Å². The molecule has 0 bridgehead atoms. The van der Waals surface area contributed by atoms with Gasteiger partial charge < -0.3 is 4.74 Å². The third kappa shape index (κ3) is 1.62. The first kappa shape index (κ1) is 10.5. The van der Waals surface area contributed by atoms with E-state index in [1.54, 1.807) is 7.11 Å². The van der Waals surface area contributed by atoms with E-state index in [0.29, 0.717) is 9.90 Å². The number of fused-ring (bicyclic) bond motifs is 1. The lowest BCUT2D eigenvalue weighted by Crippen LogP contribution is -1.85. The SMILES string of the molecule is COc1cccc2c(Cl)c(C(C)=O)sc12. The molecule has 0 aliphatic rings. The first-order valence-electron chi connectivity index (χ1n) is 4.41. The summed E-state index contributed by atoms with van der Waals surface area (Å²) >= 11 is 7.49. The summed E-state index contributed by atoms with van der Waals surface area (Å²) in [5.74, 6) is 0.746. The van der Waals surface area contributed by atoms with E-state index in [1.165, 1.54) is 18.3 Å². The van der Waals surface area contributed by atoms with Crippen LogP contribution in [0.2, 0.25) is 5.02 Å². The first-order valence-corrected chi connectivity index (χ1v) is 5.60. The molecule has 0 saturated carbocycles. The highest BCUT2D eigenvalue weighted by Gasteiger charge is 2.15. The van der Waals surface area contributed by atoms with Crippen LogP contribution in [0.3, 0.4) is 0 Å². The smallest absolute Gasteiger partial charge is 0.171 e. The molecule has 1 heterocycles. The average molecular weight is 241 g/mol. The third-order valence-corrected chi connectivity index (χ3v) is 3.98. The number of carbonyl (C=O) groups excluding carboxylic acids is 1. The van der Waals surface area contributed by atoms with Gasteiger partial charge in [-0.3, -0.25) is 4.79 Å². The summed E-state index contributed by atoms with van der Waals surface area (Å²) in [6, 6.07) is 5.62. The van der Waals surface area contributed by atoms with Gasteiger partial charge in [-0.25, -0.2) is 0 Å². The Labute approximate surface area is 96.4 Å². The summed E-state index contributed by atoms with van der Waals surface area (Å²) in [7, 11) is 1.61. The number of carbonyl (C=O) groups is 1. The summed E-state index contributed by atoms with van der Waals surface area (Å²) in [4.78, 5) is 11.9. The Kier molecular flexibility index (Phi) is 2.67. The minimum Gasteiger partial charge on any atom is -0.495 e. The average Bonchev–Trinajstić information content (AvgIpc) is 2.56. The van der Waals surface area contributed by atoms with Crippen LogP contribution in [0, 0.1) is 0 Å². The number of methoxy groups -OCH3 is 1. The van der Waals surface area contributed by atoms with Crippen molar-refractivity contribution in [3.8, 4) is 5.75 Å². The van der Waals surface area contributed by atoms with Crippen molar-refractivity contribution in [1.29, 1.82) is 0 Å². The van der Waals surface area contributed by atoms with Crippen LogP contribution in [0.15, 0.2) is 18.2 Å². The van der Waals surface area contributed by atoms with Crippen LogP contribution in [0.1, 0.15) is 16.6 Å². The van der Waals surface area contributed by atoms with Crippen molar-refractivity contribution >= 4 is 38.8 Å². The molecule has 15 heavy (non-hydrogen) atoms. The fourth-order valence-electron chi connectivity index (χ4n) is 1.45. The highest BCUT2D eigenvalue weighted by Crippen LogP contribution is 2.40. The standard InChI is InChI=1S/C11H9ClO2S/c1-6(13)10-9(12)7-4-3-5-8(14-2)11(7)15-10/h3-5H,1-2H3. The Morgan fingerprint density at radius 1 is 1.47 bits per heavy atom. The zero-order chi connectivity index (χ0) is 11.0. The van der Waals surface area contributed by atoms with Crippen molar-refractivity contribution in [2.75, 3.05) is 7.11 Å². The van der Waals surface area contributed by atoms with Gasteiger partial charge in [-0.15, -0.1) is 11.3 Å². The number of halogens is 1. The molecule has 0 aliphatic heterocycles. The van der Waals surface area contributed by atoms with Crippen molar-refractivity contribution < 1.29 is 9.53 Å². The van der Waals surface area contributed by atoms with Crippen LogP contribution in [0.5, 0.6) is 5.75 Å². The Balaban J connectivity index is 2.81. The fourth-order valence-corrected chi connectivity index (χ4v) is 2.99. The minimum atomic E-state index is -0.0109. The number of hydrogen-bond donors (Lipinski definition) is 0. The highest BCUT2D eigenvalue weighted by molar-refractivity contribution is 7.22. The van der Waals surface area contributed by atoms with Crippen molar-refractivity contribution in [1.82, 2.24) is 0 Å². The molecule has 2 rings (SSSR count). The molecule has 4 heteroatoms. The van der Waals surface area contributed by atoms with Crippen molar-refractivity contribution in [2.24, 2.45) is 0 Å². The molecule has 0 aliphatic carbocycles. The van der Waals surface area contributed by atoms with E-state index in [1.807, 2.05) is 18.2 Å². The highest BCUT2D eigenvalue weighted by atomic mass is 35.5. The van der Waals surface area contributed by atoms with Gasteiger partial charge in [-0.2, -0.15) is 0 Å². The van der Waals surface area contributed by atoms with Crippen molar-refractivity contribution in [2.45, 2.75) is 6.92 Å². The molecule has 0 saturated heterocycles. The predicted molar refractivity (Wildman–Crippen MR) is 63.4 cm³/mol. The van der Waals surface area contributed by atoms with Crippen LogP contribution in [0.4, 0.5) is 0 Å². The molecule has 1 aromatic heterocycles. The minimum absolute atomic E-state index is 0.0109. The number of hydrogen-bond acceptors (Lipinski definition) is 3. The number of ketones is 1. The second-order valence-electron chi connectivity index (χ2n) is 3.14. The van der Waals surface area contributed by atoms with Gasteiger partial charge in [0.25, 0.3) is 0 Å². The first-order chi connectivity index (χ1) is 7.15. The number of ether oxygens (including phenoxy) is 1. The van der Waals surface area contributed by atoms with Gasteiger partial charge in [0.2, 0.25) is 0 Å². The molecule has 0 atom stereocenters. The number of rotatable bonds is 2. The lowest BCUT2D eigenvalue weighted by molar-refractivity contribution is 0.102. The molecular formula is C11H9ClO2S. The monoisotopic (exact) mass is 240 g/mol. The molecule has 0 fully saturated rings. The number of Topliss-reactive ketones (excluding diaryl/α,β-unsaturated/α-hetero) is 1. The molecule has 0 spiro atoms. The maximum absolute atomic E-state index is 11.3. The Hall–Kier alpha value is -1.06. The molecule has 0 amide bonds. The molecular weight excluding hydrogens is 232 g/mol. The zero-order valence-corrected chi connectivity index (χ0v) is 9.91. The predicted octanol–water partition coefficient (Wildman–Crippen LogP) is 3.77. The quantitative estimate of drug-likeness (QED) is 0.747. The molecule has 0 N–H and O–H groups in total. The molecule has 78 valence electrons. The van der Waals surface area contributed by atoms with E-state index in [2.05, 4.69) is 0 Å². The van der Waals surface area contributed by atoms with Crippen molar-refractivity contribution in [3.05, 3.63) is 28.1 Å². The second kappa shape index (κ2) is 3.83. The van der Waals surface area contributed by atoms with Gasteiger partial charge >= 0.3 is 0 Å². The maximum Gasteiger partial charge on any atom is 0.171 e. The second-order valence-corrected chi connectivity index (χ2v) is 4.54. The Morgan fingerprint density at radius 3 is 2.80 bits per heavy atom. The van der Waals surface area contributed by atoms with Gasteiger partial charge in [0.1, 0.15) is 5.75 Å².